The zero-order chi connectivity index (χ0) is 21.6. The van der Waals surface area contributed by atoms with Crippen molar-refractivity contribution in [1.29, 1.82) is 0 Å². The molecule has 1 N–H and O–H groups in total. The number of benzene rings is 2. The molecule has 9 heteroatoms. The maximum absolute atomic E-state index is 12.2. The summed E-state index contributed by atoms with van der Waals surface area (Å²) in [5, 5.41) is 19.3. The van der Waals surface area contributed by atoms with Gasteiger partial charge in [0.05, 0.1) is 32.5 Å². The zero-order valence-corrected chi connectivity index (χ0v) is 17.2. The van der Waals surface area contributed by atoms with E-state index in [1.165, 1.54) is 7.11 Å². The first kappa shape index (κ1) is 20.8. The van der Waals surface area contributed by atoms with Crippen LogP contribution >= 0.6 is 0 Å². The summed E-state index contributed by atoms with van der Waals surface area (Å²) in [6.45, 7) is 3.08. The number of fused-ring (bicyclic) bond motifs is 1. The van der Waals surface area contributed by atoms with Gasteiger partial charge < -0.3 is 19.3 Å². The van der Waals surface area contributed by atoms with Gasteiger partial charge in [-0.15, -0.1) is 10.2 Å². The third-order valence-electron chi connectivity index (χ3n) is 5.04. The minimum atomic E-state index is -0.574. The van der Waals surface area contributed by atoms with Crippen molar-refractivity contribution in [3.63, 3.8) is 0 Å². The number of amides is 1. The Balaban J connectivity index is 1.51. The number of para-hydroxylation sites is 3. The number of methoxy groups -OCH3 is 1. The van der Waals surface area contributed by atoms with Crippen LogP contribution in [0.15, 0.2) is 58.8 Å². The van der Waals surface area contributed by atoms with E-state index in [4.69, 9.17) is 14.2 Å². The van der Waals surface area contributed by atoms with E-state index in [1.54, 1.807) is 22.8 Å². The number of aromatic nitrogens is 1. The summed E-state index contributed by atoms with van der Waals surface area (Å²) in [6.07, 6.45) is 0. The van der Waals surface area contributed by atoms with Gasteiger partial charge in [-0.1, -0.05) is 30.3 Å². The molecule has 1 saturated heterocycles. The van der Waals surface area contributed by atoms with Gasteiger partial charge >= 0.3 is 5.91 Å². The van der Waals surface area contributed by atoms with Gasteiger partial charge in [-0.3, -0.25) is 14.3 Å². The van der Waals surface area contributed by atoms with Gasteiger partial charge in [0.1, 0.15) is 0 Å². The van der Waals surface area contributed by atoms with E-state index in [9.17, 15) is 9.90 Å². The Labute approximate surface area is 179 Å². The summed E-state index contributed by atoms with van der Waals surface area (Å²) in [7, 11) is 1.53. The fourth-order valence-electron chi connectivity index (χ4n) is 3.47. The Morgan fingerprint density at radius 2 is 1.81 bits per heavy atom. The number of rotatable bonds is 7. The van der Waals surface area contributed by atoms with Gasteiger partial charge in [0.15, 0.2) is 23.8 Å². The summed E-state index contributed by atoms with van der Waals surface area (Å²) in [6, 6.07) is 14.5. The molecule has 31 heavy (non-hydrogen) atoms. The number of morpholine rings is 1. The molecule has 0 spiro atoms. The molecule has 0 atom stereocenters. The average Bonchev–Trinajstić information content (AvgIpc) is 3.08. The molecule has 1 aliphatic heterocycles. The fraction of sp³-hybridized carbons (Fsp3) is 0.318. The smallest absolute Gasteiger partial charge is 0.302 e. The van der Waals surface area contributed by atoms with Crippen molar-refractivity contribution >= 4 is 22.5 Å². The van der Waals surface area contributed by atoms with Crippen LogP contribution in [-0.2, 0) is 16.2 Å². The largest absolute Gasteiger partial charge is 0.493 e. The predicted octanol–water partition coefficient (Wildman–Crippen LogP) is 3.33. The number of nitrogens with zero attached hydrogens (tertiary/aromatic N) is 4. The predicted molar refractivity (Wildman–Crippen MR) is 114 cm³/mol. The van der Waals surface area contributed by atoms with Crippen molar-refractivity contribution in [2.24, 2.45) is 10.2 Å². The molecule has 1 fully saturated rings. The van der Waals surface area contributed by atoms with E-state index in [2.05, 4.69) is 15.1 Å². The number of ether oxygens (including phenoxy) is 3. The van der Waals surface area contributed by atoms with Crippen LogP contribution in [0.3, 0.4) is 0 Å². The quantitative estimate of drug-likeness (QED) is 0.584. The molecule has 1 aliphatic rings. The highest BCUT2D eigenvalue weighted by Crippen LogP contribution is 2.39. The number of carbonyl (C=O) groups excluding carboxylic acids is 1. The third kappa shape index (κ3) is 4.68. The van der Waals surface area contributed by atoms with Crippen LogP contribution in [0.2, 0.25) is 0 Å². The Morgan fingerprint density at radius 1 is 1.10 bits per heavy atom. The van der Waals surface area contributed by atoms with E-state index in [1.807, 2.05) is 30.3 Å². The molecule has 2 aromatic carbocycles. The highest BCUT2D eigenvalue weighted by Gasteiger charge is 2.20. The lowest BCUT2D eigenvalue weighted by Crippen LogP contribution is -2.37. The molecular weight excluding hydrogens is 400 g/mol. The molecule has 1 aromatic heterocycles. The molecule has 1 amide bonds. The molecule has 162 valence electrons. The summed E-state index contributed by atoms with van der Waals surface area (Å²) >= 11 is 0. The first-order valence-corrected chi connectivity index (χ1v) is 9.98. The highest BCUT2D eigenvalue weighted by atomic mass is 16.5. The Hall–Kier alpha value is -3.43. The molecule has 0 unspecified atom stereocenters. The van der Waals surface area contributed by atoms with Crippen molar-refractivity contribution < 1.29 is 24.1 Å². The van der Waals surface area contributed by atoms with E-state index < -0.39 is 5.91 Å². The van der Waals surface area contributed by atoms with Gasteiger partial charge in [-0.05, 0) is 18.2 Å². The van der Waals surface area contributed by atoms with E-state index in [0.717, 1.165) is 24.0 Å². The molecule has 0 bridgehead atoms. The number of carbonyl (C=O) groups is 1. The molecule has 0 saturated carbocycles. The van der Waals surface area contributed by atoms with E-state index in [0.29, 0.717) is 31.4 Å². The zero-order valence-electron chi connectivity index (χ0n) is 17.2. The van der Waals surface area contributed by atoms with Crippen LogP contribution in [0.25, 0.3) is 10.9 Å². The topological polar surface area (TPSA) is 97.9 Å². The van der Waals surface area contributed by atoms with Crippen LogP contribution in [-0.4, -0.2) is 60.5 Å². The van der Waals surface area contributed by atoms with Crippen molar-refractivity contribution in [3.05, 3.63) is 48.5 Å². The van der Waals surface area contributed by atoms with Gasteiger partial charge in [-0.2, -0.15) is 0 Å². The Kier molecular flexibility index (Phi) is 6.44. The van der Waals surface area contributed by atoms with E-state index >= 15 is 0 Å². The van der Waals surface area contributed by atoms with Crippen LogP contribution < -0.4 is 9.47 Å². The lowest BCUT2D eigenvalue weighted by atomic mass is 10.2. The number of hydrogen-bond donors (Lipinski definition) is 1. The number of aromatic hydroxyl groups is 1. The number of hydrogen-bond acceptors (Lipinski definition) is 7. The van der Waals surface area contributed by atoms with Crippen LogP contribution in [0.5, 0.6) is 17.4 Å². The van der Waals surface area contributed by atoms with Crippen molar-refractivity contribution in [3.8, 4) is 17.4 Å². The Morgan fingerprint density at radius 3 is 2.58 bits per heavy atom. The van der Waals surface area contributed by atoms with Crippen LogP contribution in [0.4, 0.5) is 5.69 Å². The molecule has 2 heterocycles. The van der Waals surface area contributed by atoms with Gasteiger partial charge in [0, 0.05) is 18.5 Å². The van der Waals surface area contributed by atoms with Gasteiger partial charge in [0.25, 0.3) is 0 Å². The summed E-state index contributed by atoms with van der Waals surface area (Å²) in [4.78, 5) is 14.4. The second-order valence-corrected chi connectivity index (χ2v) is 7.02. The highest BCUT2D eigenvalue weighted by molar-refractivity contribution is 5.95. The molecule has 4 rings (SSSR count). The maximum Gasteiger partial charge on any atom is 0.302 e. The fourth-order valence-corrected chi connectivity index (χ4v) is 3.47. The lowest BCUT2D eigenvalue weighted by Gasteiger charge is -2.27. The molecule has 3 aromatic rings. The lowest BCUT2D eigenvalue weighted by molar-refractivity contribution is -0.120. The normalized spacial score (nSPS) is 14.9. The maximum atomic E-state index is 12.2. The molecular formula is C22H24N4O5. The van der Waals surface area contributed by atoms with Crippen LogP contribution in [0.1, 0.15) is 0 Å². The minimum absolute atomic E-state index is 0.0325. The summed E-state index contributed by atoms with van der Waals surface area (Å²) < 4.78 is 17.8. The van der Waals surface area contributed by atoms with Crippen molar-refractivity contribution in [2.75, 3.05) is 40.0 Å². The summed E-state index contributed by atoms with van der Waals surface area (Å²) in [5.74, 6) is 0.361. The van der Waals surface area contributed by atoms with Gasteiger partial charge in [-0.25, -0.2) is 0 Å². The average molecular weight is 424 g/mol. The molecule has 0 aliphatic carbocycles. The monoisotopic (exact) mass is 424 g/mol. The third-order valence-corrected chi connectivity index (χ3v) is 5.04. The first-order valence-electron chi connectivity index (χ1n) is 9.98. The summed E-state index contributed by atoms with van der Waals surface area (Å²) in [5.41, 5.74) is 1.08. The molecule has 0 radical (unpaired) electrons. The Bertz CT molecular complexity index is 1090. The number of azo groups is 1. The van der Waals surface area contributed by atoms with Crippen LogP contribution in [0, 0.1) is 0 Å². The minimum Gasteiger partial charge on any atom is -0.493 e. The van der Waals surface area contributed by atoms with E-state index in [-0.39, 0.29) is 18.2 Å². The van der Waals surface area contributed by atoms with Gasteiger partial charge in [0.2, 0.25) is 5.88 Å². The standard InChI is InChI=1S/C22H24N4O5/c1-29-18-8-4-5-9-19(18)31-14-20(27)23-24-21-16-6-2-3-7-17(16)26(22(21)28)15-25-10-12-30-13-11-25/h2-9,28H,10-15H2,1H3. The van der Waals surface area contributed by atoms with Crippen molar-refractivity contribution in [1.82, 2.24) is 9.47 Å². The second-order valence-electron chi connectivity index (χ2n) is 7.02. The first-order chi connectivity index (χ1) is 15.2. The second kappa shape index (κ2) is 9.59. The van der Waals surface area contributed by atoms with Crippen molar-refractivity contribution in [2.45, 2.75) is 6.67 Å². The molecule has 9 nitrogen and oxygen atoms in total. The SMILES string of the molecule is COc1ccccc1OCC(=O)N=Nc1c(O)n(CN2CCOCC2)c2ccccc12.